The van der Waals surface area contributed by atoms with Crippen molar-refractivity contribution in [1.29, 1.82) is 0 Å². The van der Waals surface area contributed by atoms with Crippen LogP contribution in [-0.2, 0) is 23.7 Å². The molecule has 12 atom stereocenters. The highest BCUT2D eigenvalue weighted by Gasteiger charge is 2.58. The molecule has 2 aliphatic heterocycles. The smallest absolute Gasteiger partial charge is 0.336 e. The van der Waals surface area contributed by atoms with Gasteiger partial charge in [-0.1, -0.05) is 30.7 Å². The quantitative estimate of drug-likeness (QED) is 0.0837. The van der Waals surface area contributed by atoms with Crippen LogP contribution in [0.3, 0.4) is 0 Å². The molecular formula is C36H48O15. The second-order valence-corrected chi connectivity index (χ2v) is 14.0. The number of allylic oxidation sites excluding steroid dienone is 2. The highest BCUT2D eigenvalue weighted by atomic mass is 16.8. The van der Waals surface area contributed by atoms with Gasteiger partial charge in [0.25, 0.3) is 0 Å². The Hall–Kier alpha value is -3.22. The first-order chi connectivity index (χ1) is 24.1. The van der Waals surface area contributed by atoms with Gasteiger partial charge in [-0.15, -0.1) is 0 Å². The number of hydrogen-bond acceptors (Lipinski definition) is 15. The predicted octanol–water partition coefficient (Wildman–Crippen LogP) is 0.286. The van der Waals surface area contributed by atoms with E-state index in [1.165, 1.54) is 6.07 Å². The van der Waals surface area contributed by atoms with Crippen molar-refractivity contribution in [2.75, 3.05) is 26.4 Å². The van der Waals surface area contributed by atoms with Gasteiger partial charge in [0.05, 0.1) is 13.2 Å². The van der Waals surface area contributed by atoms with Gasteiger partial charge < -0.3 is 63.8 Å². The Morgan fingerprint density at radius 1 is 1.00 bits per heavy atom. The molecule has 2 aromatic rings. The van der Waals surface area contributed by atoms with Crippen LogP contribution in [0.25, 0.3) is 11.0 Å². The maximum absolute atomic E-state index is 13.2. The van der Waals surface area contributed by atoms with E-state index in [4.69, 9.17) is 28.1 Å². The second-order valence-electron chi connectivity index (χ2n) is 14.0. The van der Waals surface area contributed by atoms with Gasteiger partial charge in [-0.25, -0.2) is 4.79 Å². The fraction of sp³-hybridized carbons (Fsp3) is 0.611. The van der Waals surface area contributed by atoms with E-state index < -0.39 is 91.6 Å². The first-order valence-electron chi connectivity index (χ1n) is 16.9. The van der Waals surface area contributed by atoms with Crippen molar-refractivity contribution < 1.29 is 68.6 Å². The minimum atomic E-state index is -2.34. The summed E-state index contributed by atoms with van der Waals surface area (Å²) >= 11 is 0. The molecule has 0 radical (unpaired) electrons. The zero-order valence-corrected chi connectivity index (χ0v) is 28.8. The standard InChI is InChI=1S/C36H48O15/c1-18(2)22-9-5-19(3)23(15-46-21-8-6-20-7-10-28(40)48-24(20)13-21)35(22,4)12-11-27(39)47-16-26-29(41)31(43)32(44)34(49-26)51-36(17-38)33(45)30(42)25(14-37)50-36/h5-8,10,13,22-23,25-26,29-34,37-38,41-45H,1,9,11-12,14-17H2,2-4H3. The highest BCUT2D eigenvalue weighted by molar-refractivity contribution is 5.77. The normalized spacial score (nSPS) is 36.9. The fourth-order valence-corrected chi connectivity index (χ4v) is 7.46. The molecule has 1 aromatic heterocycles. The van der Waals surface area contributed by atoms with Crippen LogP contribution in [-0.4, -0.2) is 123 Å². The summed E-state index contributed by atoms with van der Waals surface area (Å²) in [5.41, 5.74) is 1.47. The van der Waals surface area contributed by atoms with E-state index in [1.54, 1.807) is 24.3 Å². The van der Waals surface area contributed by atoms with Crippen LogP contribution in [0.15, 0.2) is 63.3 Å². The summed E-state index contributed by atoms with van der Waals surface area (Å²) in [6.45, 7) is 8.22. The number of carbonyl (C=O) groups excluding carboxylic acids is 1. The Balaban J connectivity index is 1.23. The molecule has 51 heavy (non-hydrogen) atoms. The third-order valence-corrected chi connectivity index (χ3v) is 10.6. The number of fused-ring (bicyclic) bond motifs is 1. The Morgan fingerprint density at radius 3 is 2.39 bits per heavy atom. The lowest BCUT2D eigenvalue weighted by Crippen LogP contribution is -2.62. The number of aliphatic hydroxyl groups excluding tert-OH is 7. The molecule has 0 saturated carbocycles. The summed E-state index contributed by atoms with van der Waals surface area (Å²) < 4.78 is 33.5. The first kappa shape index (κ1) is 39.0. The molecule has 3 aliphatic rings. The monoisotopic (exact) mass is 720 g/mol. The summed E-state index contributed by atoms with van der Waals surface area (Å²) in [7, 11) is 0. The molecule has 3 heterocycles. The molecule has 1 aromatic carbocycles. The molecule has 15 heteroatoms. The lowest BCUT2D eigenvalue weighted by Gasteiger charge is -2.47. The molecule has 7 N–H and O–H groups in total. The SMILES string of the molecule is C=C(C)C1CC=C(C)C(COc2ccc3ccc(=O)oc3c2)C1(C)CCC(=O)OCC1OC(OC2(CO)OC(CO)C(O)C2O)C(O)C(O)C1O. The molecule has 0 amide bonds. The zero-order valence-electron chi connectivity index (χ0n) is 28.8. The van der Waals surface area contributed by atoms with Crippen molar-refractivity contribution >= 4 is 16.9 Å². The van der Waals surface area contributed by atoms with Gasteiger partial charge in [-0.3, -0.25) is 4.79 Å². The largest absolute Gasteiger partial charge is 0.493 e. The van der Waals surface area contributed by atoms with Crippen LogP contribution < -0.4 is 10.4 Å². The average Bonchev–Trinajstić information content (AvgIpc) is 3.34. The molecule has 15 nitrogen and oxygen atoms in total. The van der Waals surface area contributed by atoms with Gasteiger partial charge in [0.15, 0.2) is 6.29 Å². The third kappa shape index (κ3) is 7.93. The lowest BCUT2D eigenvalue weighted by molar-refractivity contribution is -0.383. The number of hydrogen-bond donors (Lipinski definition) is 7. The Labute approximate surface area is 294 Å². The maximum atomic E-state index is 13.2. The van der Waals surface area contributed by atoms with Gasteiger partial charge in [-0.2, -0.15) is 0 Å². The van der Waals surface area contributed by atoms with E-state index in [0.717, 1.165) is 23.0 Å². The third-order valence-electron chi connectivity index (χ3n) is 10.6. The van der Waals surface area contributed by atoms with Gasteiger partial charge in [0, 0.05) is 29.9 Å². The summed E-state index contributed by atoms with van der Waals surface area (Å²) in [5, 5.41) is 72.5. The molecule has 2 fully saturated rings. The molecule has 12 unspecified atom stereocenters. The Morgan fingerprint density at radius 2 is 1.73 bits per heavy atom. The first-order valence-corrected chi connectivity index (χ1v) is 16.9. The topological polar surface area (TPSA) is 235 Å². The summed E-state index contributed by atoms with van der Waals surface area (Å²) in [6.07, 6.45) is -10.3. The van der Waals surface area contributed by atoms with Crippen LogP contribution in [0, 0.1) is 17.3 Å². The molecule has 0 bridgehead atoms. The Kier molecular flexibility index (Phi) is 12.1. The summed E-state index contributed by atoms with van der Waals surface area (Å²) in [4.78, 5) is 24.9. The van der Waals surface area contributed by atoms with Crippen molar-refractivity contribution in [2.45, 2.75) is 94.8 Å². The Bertz CT molecular complexity index is 1640. The average molecular weight is 721 g/mol. The van der Waals surface area contributed by atoms with E-state index in [9.17, 15) is 45.3 Å². The van der Waals surface area contributed by atoms with Gasteiger partial charge >= 0.3 is 11.6 Å². The number of carbonyl (C=O) groups is 1. The van der Waals surface area contributed by atoms with E-state index in [0.29, 0.717) is 17.8 Å². The number of esters is 1. The number of benzene rings is 1. The molecular weight excluding hydrogens is 672 g/mol. The van der Waals surface area contributed by atoms with E-state index in [-0.39, 0.29) is 24.9 Å². The lowest BCUT2D eigenvalue weighted by atomic mass is 9.58. The maximum Gasteiger partial charge on any atom is 0.336 e. The molecule has 5 rings (SSSR count). The highest BCUT2D eigenvalue weighted by Crippen LogP contribution is 2.51. The minimum Gasteiger partial charge on any atom is -0.493 e. The van der Waals surface area contributed by atoms with Crippen LogP contribution in [0.4, 0.5) is 0 Å². The summed E-state index contributed by atoms with van der Waals surface area (Å²) in [5.74, 6) is -2.57. The van der Waals surface area contributed by atoms with Gasteiger partial charge in [-0.05, 0) is 56.2 Å². The van der Waals surface area contributed by atoms with E-state index in [2.05, 4.69) is 19.6 Å². The van der Waals surface area contributed by atoms with Crippen molar-refractivity contribution in [3.8, 4) is 5.75 Å². The predicted molar refractivity (Wildman–Crippen MR) is 178 cm³/mol. The van der Waals surface area contributed by atoms with Gasteiger partial charge in [0.2, 0.25) is 5.79 Å². The van der Waals surface area contributed by atoms with Crippen molar-refractivity contribution in [3.63, 3.8) is 0 Å². The molecule has 282 valence electrons. The van der Waals surface area contributed by atoms with Crippen molar-refractivity contribution in [2.24, 2.45) is 17.3 Å². The zero-order chi connectivity index (χ0) is 37.2. The number of ether oxygens (including phenoxy) is 5. The van der Waals surface area contributed by atoms with Crippen molar-refractivity contribution in [3.05, 3.63) is 64.6 Å². The second kappa shape index (κ2) is 15.8. The fourth-order valence-electron chi connectivity index (χ4n) is 7.46. The van der Waals surface area contributed by atoms with Crippen LogP contribution >= 0.6 is 0 Å². The van der Waals surface area contributed by atoms with Crippen LogP contribution in [0.1, 0.15) is 40.0 Å². The summed E-state index contributed by atoms with van der Waals surface area (Å²) in [6, 6.07) is 8.29. The molecule has 1 aliphatic carbocycles. The molecule has 0 spiro atoms. The molecule has 2 saturated heterocycles. The van der Waals surface area contributed by atoms with Crippen LogP contribution in [0.2, 0.25) is 0 Å². The van der Waals surface area contributed by atoms with E-state index in [1.807, 2.05) is 13.8 Å². The number of aliphatic hydroxyl groups is 7. The van der Waals surface area contributed by atoms with Crippen molar-refractivity contribution in [1.82, 2.24) is 0 Å². The van der Waals surface area contributed by atoms with E-state index >= 15 is 0 Å². The van der Waals surface area contributed by atoms with Crippen LogP contribution in [0.5, 0.6) is 5.75 Å². The minimum absolute atomic E-state index is 0.00576. The van der Waals surface area contributed by atoms with Gasteiger partial charge in [0.1, 0.15) is 67.3 Å². The number of rotatable bonds is 13.